The largest absolute Gasteiger partial charge is 0.325 e. The van der Waals surface area contributed by atoms with Gasteiger partial charge in [0.15, 0.2) is 0 Å². The third-order valence-corrected chi connectivity index (χ3v) is 1.59. The number of hydrogen-bond donors (Lipinski definition) is 2. The SMILES string of the molecule is CN1C[C@@H](N)[C@@H](N)C1. The summed E-state index contributed by atoms with van der Waals surface area (Å²) in [6.45, 7) is 1.89. The minimum atomic E-state index is 0.194. The summed E-state index contributed by atoms with van der Waals surface area (Å²) in [5.74, 6) is 0. The summed E-state index contributed by atoms with van der Waals surface area (Å²) in [5, 5.41) is 0. The lowest BCUT2D eigenvalue weighted by Crippen LogP contribution is -2.39. The molecule has 0 radical (unpaired) electrons. The van der Waals surface area contributed by atoms with E-state index in [-0.39, 0.29) is 12.1 Å². The zero-order valence-corrected chi connectivity index (χ0v) is 5.17. The number of nitrogens with two attached hydrogens (primary N) is 2. The normalized spacial score (nSPS) is 40.9. The standard InChI is InChI=1S/C5H13N3/c1-8-2-4(6)5(7)3-8/h4-5H,2-3,6-7H2,1H3/t4-,5+. The van der Waals surface area contributed by atoms with Crippen molar-refractivity contribution in [2.45, 2.75) is 12.1 Å². The molecule has 0 spiro atoms. The van der Waals surface area contributed by atoms with Gasteiger partial charge in [-0.1, -0.05) is 0 Å². The van der Waals surface area contributed by atoms with Gasteiger partial charge in [-0.25, -0.2) is 0 Å². The van der Waals surface area contributed by atoms with E-state index in [0.29, 0.717) is 0 Å². The summed E-state index contributed by atoms with van der Waals surface area (Å²) in [4.78, 5) is 2.15. The Labute approximate surface area is 49.6 Å². The fourth-order valence-electron chi connectivity index (χ4n) is 1.07. The molecule has 1 rings (SSSR count). The minimum Gasteiger partial charge on any atom is -0.325 e. The molecule has 1 aliphatic rings. The van der Waals surface area contributed by atoms with E-state index in [9.17, 15) is 0 Å². The molecule has 0 bridgehead atoms. The van der Waals surface area contributed by atoms with Crippen molar-refractivity contribution in [2.24, 2.45) is 11.5 Å². The molecule has 0 aromatic carbocycles. The van der Waals surface area contributed by atoms with E-state index in [1.54, 1.807) is 0 Å². The van der Waals surface area contributed by atoms with E-state index < -0.39 is 0 Å². The maximum Gasteiger partial charge on any atom is 0.0334 e. The highest BCUT2D eigenvalue weighted by Crippen LogP contribution is 2.01. The van der Waals surface area contributed by atoms with E-state index in [1.807, 2.05) is 7.05 Å². The molecule has 1 fully saturated rings. The number of hydrogen-bond acceptors (Lipinski definition) is 3. The van der Waals surface area contributed by atoms with Crippen LogP contribution < -0.4 is 11.5 Å². The lowest BCUT2D eigenvalue weighted by Gasteiger charge is -2.04. The maximum atomic E-state index is 5.60. The first-order chi connectivity index (χ1) is 3.70. The zero-order chi connectivity index (χ0) is 6.15. The molecule has 3 nitrogen and oxygen atoms in total. The van der Waals surface area contributed by atoms with Crippen molar-refractivity contribution in [2.75, 3.05) is 20.1 Å². The molecule has 0 aromatic rings. The predicted molar refractivity (Wildman–Crippen MR) is 33.4 cm³/mol. The Kier molecular flexibility index (Phi) is 1.51. The Hall–Kier alpha value is -0.120. The second-order valence-electron chi connectivity index (χ2n) is 2.55. The van der Waals surface area contributed by atoms with Crippen molar-refractivity contribution in [1.82, 2.24) is 4.90 Å². The molecular weight excluding hydrogens is 102 g/mol. The molecule has 0 unspecified atom stereocenters. The fourth-order valence-corrected chi connectivity index (χ4v) is 1.07. The van der Waals surface area contributed by atoms with Gasteiger partial charge in [-0.3, -0.25) is 0 Å². The monoisotopic (exact) mass is 115 g/mol. The molecule has 8 heavy (non-hydrogen) atoms. The molecule has 1 heterocycles. The summed E-state index contributed by atoms with van der Waals surface area (Å²) in [7, 11) is 2.03. The van der Waals surface area contributed by atoms with Crippen LogP contribution in [0, 0.1) is 0 Å². The van der Waals surface area contributed by atoms with Crippen molar-refractivity contribution in [3.8, 4) is 0 Å². The topological polar surface area (TPSA) is 55.3 Å². The average molecular weight is 115 g/mol. The van der Waals surface area contributed by atoms with Crippen LogP contribution in [0.4, 0.5) is 0 Å². The first-order valence-corrected chi connectivity index (χ1v) is 2.90. The van der Waals surface area contributed by atoms with Gasteiger partial charge >= 0.3 is 0 Å². The quantitative estimate of drug-likeness (QED) is 0.407. The van der Waals surface area contributed by atoms with Crippen LogP contribution in [0.5, 0.6) is 0 Å². The molecule has 2 atom stereocenters. The summed E-state index contributed by atoms with van der Waals surface area (Å²) in [6, 6.07) is 0.389. The maximum absolute atomic E-state index is 5.60. The van der Waals surface area contributed by atoms with E-state index in [4.69, 9.17) is 11.5 Å². The van der Waals surface area contributed by atoms with Crippen LogP contribution in [0.2, 0.25) is 0 Å². The predicted octanol–water partition coefficient (Wildman–Crippen LogP) is -1.41. The van der Waals surface area contributed by atoms with Gasteiger partial charge in [-0.2, -0.15) is 0 Å². The summed E-state index contributed by atoms with van der Waals surface area (Å²) >= 11 is 0. The van der Waals surface area contributed by atoms with Crippen molar-refractivity contribution in [3.05, 3.63) is 0 Å². The first kappa shape index (κ1) is 6.01. The van der Waals surface area contributed by atoms with Crippen LogP contribution in [0.1, 0.15) is 0 Å². The third kappa shape index (κ3) is 0.992. The Morgan fingerprint density at radius 2 is 1.62 bits per heavy atom. The lowest BCUT2D eigenvalue weighted by atomic mass is 10.2. The van der Waals surface area contributed by atoms with Gasteiger partial charge in [-0.05, 0) is 7.05 Å². The second-order valence-corrected chi connectivity index (χ2v) is 2.55. The summed E-state index contributed by atoms with van der Waals surface area (Å²) < 4.78 is 0. The van der Waals surface area contributed by atoms with Crippen LogP contribution in [0.3, 0.4) is 0 Å². The van der Waals surface area contributed by atoms with Crippen molar-refractivity contribution in [1.29, 1.82) is 0 Å². The highest BCUT2D eigenvalue weighted by atomic mass is 15.2. The third-order valence-electron chi connectivity index (χ3n) is 1.59. The molecule has 3 heteroatoms. The highest BCUT2D eigenvalue weighted by Gasteiger charge is 2.23. The molecule has 48 valence electrons. The average Bonchev–Trinajstić information content (AvgIpc) is 1.85. The number of rotatable bonds is 0. The summed E-state index contributed by atoms with van der Waals surface area (Å²) in [6.07, 6.45) is 0. The number of likely N-dealkylation sites (N-methyl/N-ethyl adjacent to an activating group) is 1. The van der Waals surface area contributed by atoms with Crippen molar-refractivity contribution in [3.63, 3.8) is 0 Å². The smallest absolute Gasteiger partial charge is 0.0334 e. The Morgan fingerprint density at radius 1 is 1.25 bits per heavy atom. The van der Waals surface area contributed by atoms with Gasteiger partial charge < -0.3 is 16.4 Å². The van der Waals surface area contributed by atoms with Gasteiger partial charge in [0.1, 0.15) is 0 Å². The van der Waals surface area contributed by atoms with Crippen LogP contribution in [-0.2, 0) is 0 Å². The second kappa shape index (κ2) is 2.01. The Morgan fingerprint density at radius 3 is 1.75 bits per heavy atom. The van der Waals surface area contributed by atoms with Crippen LogP contribution in [0.25, 0.3) is 0 Å². The molecule has 4 N–H and O–H groups in total. The van der Waals surface area contributed by atoms with Gasteiger partial charge in [-0.15, -0.1) is 0 Å². The molecule has 0 saturated carbocycles. The van der Waals surface area contributed by atoms with Crippen LogP contribution >= 0.6 is 0 Å². The minimum absolute atomic E-state index is 0.194. The van der Waals surface area contributed by atoms with E-state index in [1.165, 1.54) is 0 Å². The van der Waals surface area contributed by atoms with Crippen molar-refractivity contribution >= 4 is 0 Å². The van der Waals surface area contributed by atoms with Crippen LogP contribution in [0.15, 0.2) is 0 Å². The lowest BCUT2D eigenvalue weighted by molar-refractivity contribution is 0.407. The van der Waals surface area contributed by atoms with Gasteiger partial charge in [0.05, 0.1) is 0 Å². The van der Waals surface area contributed by atoms with E-state index in [0.717, 1.165) is 13.1 Å². The van der Waals surface area contributed by atoms with Gasteiger partial charge in [0, 0.05) is 25.2 Å². The number of likely N-dealkylation sites (tertiary alicyclic amines) is 1. The Balaban J connectivity index is 2.39. The molecule has 0 amide bonds. The molecule has 1 saturated heterocycles. The van der Waals surface area contributed by atoms with Crippen LogP contribution in [-0.4, -0.2) is 37.1 Å². The van der Waals surface area contributed by atoms with Gasteiger partial charge in [0.2, 0.25) is 0 Å². The van der Waals surface area contributed by atoms with Gasteiger partial charge in [0.25, 0.3) is 0 Å². The highest BCUT2D eigenvalue weighted by molar-refractivity contribution is 4.87. The fraction of sp³-hybridized carbons (Fsp3) is 1.00. The molecular formula is C5H13N3. The molecule has 0 aliphatic carbocycles. The van der Waals surface area contributed by atoms with Crippen molar-refractivity contribution < 1.29 is 0 Å². The van der Waals surface area contributed by atoms with E-state index >= 15 is 0 Å². The molecule has 1 aliphatic heterocycles. The van der Waals surface area contributed by atoms with E-state index in [2.05, 4.69) is 4.90 Å². The molecule has 0 aromatic heterocycles. The number of nitrogens with zero attached hydrogens (tertiary/aromatic N) is 1. The first-order valence-electron chi connectivity index (χ1n) is 2.90. The Bertz CT molecular complexity index is 73.7. The zero-order valence-electron chi connectivity index (χ0n) is 5.17. The summed E-state index contributed by atoms with van der Waals surface area (Å²) in [5.41, 5.74) is 11.2.